The molecule has 5 heterocycles. The van der Waals surface area contributed by atoms with Gasteiger partial charge in [-0.05, 0) is 23.7 Å². The van der Waals surface area contributed by atoms with E-state index < -0.39 is 0 Å². The van der Waals surface area contributed by atoms with Crippen molar-refractivity contribution in [3.63, 3.8) is 0 Å². The maximum absolute atomic E-state index is 4.13. The van der Waals surface area contributed by atoms with Gasteiger partial charge in [0.25, 0.3) is 0 Å². The van der Waals surface area contributed by atoms with Gasteiger partial charge >= 0.3 is 0 Å². The van der Waals surface area contributed by atoms with Gasteiger partial charge in [0, 0.05) is 70.6 Å². The van der Waals surface area contributed by atoms with Gasteiger partial charge < -0.3 is 0 Å². The lowest BCUT2D eigenvalue weighted by Gasteiger charge is -2.05. The molecule has 0 bridgehead atoms. The second kappa shape index (κ2) is 22.3. The van der Waals surface area contributed by atoms with E-state index in [1.54, 1.807) is 34.0 Å². The average molecular weight is 617 g/mol. The molecule has 9 heteroatoms. The Morgan fingerprint density at radius 3 is 1.80 bits per heavy atom. The predicted molar refractivity (Wildman–Crippen MR) is 187 cm³/mol. The Bertz CT molecular complexity index is 1010. The van der Waals surface area contributed by atoms with Gasteiger partial charge in [-0.3, -0.25) is 9.98 Å². The van der Waals surface area contributed by atoms with Crippen LogP contribution in [-0.4, -0.2) is 33.1 Å². The standard InChI is InChI=1S/C7H11N.C6H10N2.3C6H9NS.CH4/c1-6(2)7-3-4-8-5-7;1-5(2)6-3-4-7-8-6;1-5(2)6-3-8-4-7-6;1-5(2)6-3-7-4-8-6;1-5(2)6-7-3-4-8-6;/h3-7H,1-2H3;4-5H,3H2,1-2H3;3*3-5H,1-2H3;1H4. The summed E-state index contributed by atoms with van der Waals surface area (Å²) in [6.07, 6.45) is 12.6. The molecule has 41 heavy (non-hydrogen) atoms. The molecule has 228 valence electrons. The van der Waals surface area contributed by atoms with Crippen LogP contribution in [0.15, 0.2) is 61.6 Å². The van der Waals surface area contributed by atoms with E-state index in [1.807, 2.05) is 47.4 Å². The molecule has 2 aliphatic heterocycles. The molecule has 6 nitrogen and oxygen atoms in total. The summed E-state index contributed by atoms with van der Waals surface area (Å²) in [5, 5.41) is 13.0. The third-order valence-electron chi connectivity index (χ3n) is 5.67. The minimum Gasteiger partial charge on any atom is -0.269 e. The molecular weight excluding hydrogens is 565 g/mol. The average Bonchev–Trinajstić information content (AvgIpc) is 3.74. The van der Waals surface area contributed by atoms with Gasteiger partial charge in [0.05, 0.1) is 21.7 Å². The largest absolute Gasteiger partial charge is 0.269 e. The Hall–Kier alpha value is -2.36. The van der Waals surface area contributed by atoms with E-state index >= 15 is 0 Å². The fraction of sp³-hybridized carbons (Fsp3) is 0.562. The zero-order valence-corrected chi connectivity index (χ0v) is 28.3. The number of hydrogen-bond donors (Lipinski definition) is 0. The topological polar surface area (TPSA) is 75.8 Å². The Morgan fingerprint density at radius 1 is 0.829 bits per heavy atom. The first kappa shape index (κ1) is 38.6. The summed E-state index contributed by atoms with van der Waals surface area (Å²) < 4.78 is 0. The highest BCUT2D eigenvalue weighted by Crippen LogP contribution is 2.17. The van der Waals surface area contributed by atoms with Gasteiger partial charge in [-0.25, -0.2) is 9.97 Å². The summed E-state index contributed by atoms with van der Waals surface area (Å²) in [6.45, 7) is 21.6. The predicted octanol–water partition coefficient (Wildman–Crippen LogP) is 10.8. The maximum atomic E-state index is 4.13. The van der Waals surface area contributed by atoms with Crippen molar-refractivity contribution in [1.29, 1.82) is 0 Å². The van der Waals surface area contributed by atoms with Crippen LogP contribution in [0.2, 0.25) is 0 Å². The van der Waals surface area contributed by atoms with Gasteiger partial charge in [-0.2, -0.15) is 10.2 Å². The summed E-state index contributed by atoms with van der Waals surface area (Å²) in [5.41, 5.74) is 6.14. The van der Waals surface area contributed by atoms with Crippen LogP contribution in [0.3, 0.4) is 0 Å². The van der Waals surface area contributed by atoms with E-state index in [1.165, 1.54) is 21.3 Å². The summed E-state index contributed by atoms with van der Waals surface area (Å²) in [5.74, 6) is 3.68. The lowest BCUT2D eigenvalue weighted by Crippen LogP contribution is -2.03. The molecule has 0 fully saturated rings. The summed E-state index contributed by atoms with van der Waals surface area (Å²) in [7, 11) is 0. The van der Waals surface area contributed by atoms with Crippen LogP contribution >= 0.6 is 34.0 Å². The first-order chi connectivity index (χ1) is 19.0. The quantitative estimate of drug-likeness (QED) is 0.286. The fourth-order valence-electron chi connectivity index (χ4n) is 2.92. The third kappa shape index (κ3) is 17.3. The van der Waals surface area contributed by atoms with Gasteiger partial charge in [0.2, 0.25) is 0 Å². The zero-order valence-electron chi connectivity index (χ0n) is 25.9. The van der Waals surface area contributed by atoms with Crippen LogP contribution in [0, 0.1) is 17.8 Å². The Kier molecular flexibility index (Phi) is 21.0. The molecule has 0 saturated carbocycles. The monoisotopic (exact) mass is 616 g/mol. The van der Waals surface area contributed by atoms with Crippen molar-refractivity contribution in [2.75, 3.05) is 0 Å². The molecule has 2 aliphatic rings. The van der Waals surface area contributed by atoms with Crippen LogP contribution in [0.4, 0.5) is 0 Å². The van der Waals surface area contributed by atoms with Crippen molar-refractivity contribution in [3.05, 3.63) is 62.0 Å². The molecule has 0 spiro atoms. The molecule has 0 aliphatic carbocycles. The molecule has 3 aromatic rings. The Labute approximate surface area is 262 Å². The highest BCUT2D eigenvalue weighted by Gasteiger charge is 2.08. The number of thiazole rings is 3. The van der Waals surface area contributed by atoms with Gasteiger partial charge in [-0.15, -0.1) is 34.0 Å². The minimum absolute atomic E-state index is 0. The first-order valence-electron chi connectivity index (χ1n) is 14.0. The first-order valence-corrected chi connectivity index (χ1v) is 16.7. The highest BCUT2D eigenvalue weighted by atomic mass is 32.1. The van der Waals surface area contributed by atoms with E-state index in [0.717, 1.165) is 6.42 Å². The highest BCUT2D eigenvalue weighted by molar-refractivity contribution is 7.09. The zero-order chi connectivity index (χ0) is 29.9. The van der Waals surface area contributed by atoms with Crippen molar-refractivity contribution in [1.82, 2.24) is 15.0 Å². The Balaban J connectivity index is 0.000000485. The van der Waals surface area contributed by atoms with Crippen LogP contribution in [-0.2, 0) is 0 Å². The number of nitrogens with zero attached hydrogens (tertiary/aromatic N) is 6. The summed E-state index contributed by atoms with van der Waals surface area (Å²) in [6, 6.07) is 0. The number of allylic oxidation sites excluding steroid dienone is 1. The van der Waals surface area contributed by atoms with Crippen molar-refractivity contribution >= 4 is 52.2 Å². The molecule has 0 saturated heterocycles. The van der Waals surface area contributed by atoms with E-state index in [-0.39, 0.29) is 7.43 Å². The van der Waals surface area contributed by atoms with Crippen molar-refractivity contribution in [2.45, 2.75) is 101 Å². The summed E-state index contributed by atoms with van der Waals surface area (Å²) >= 11 is 5.10. The number of aliphatic imine (C=N–C) groups is 1. The van der Waals surface area contributed by atoms with E-state index in [9.17, 15) is 0 Å². The van der Waals surface area contributed by atoms with Gasteiger partial charge in [-0.1, -0.05) is 82.7 Å². The maximum Gasteiger partial charge on any atom is 0.0950 e. The molecule has 1 unspecified atom stereocenters. The van der Waals surface area contributed by atoms with E-state index in [4.69, 9.17) is 0 Å². The van der Waals surface area contributed by atoms with Crippen molar-refractivity contribution in [2.24, 2.45) is 32.9 Å². The fourth-order valence-corrected chi connectivity index (χ4v) is 4.93. The van der Waals surface area contributed by atoms with Gasteiger partial charge in [0.15, 0.2) is 0 Å². The SMILES string of the molecule is C.CC(C)C1=NN=CC1.CC(C)C1C=CN=C1.CC(C)c1cncs1.CC(C)c1cscn1.CC(C)c1nccs1. The lowest BCUT2D eigenvalue weighted by molar-refractivity contribution is 0.590. The molecular formula is C32H52N6S3. The molecule has 0 N–H and O–H groups in total. The van der Waals surface area contributed by atoms with Gasteiger partial charge in [0.1, 0.15) is 0 Å². The summed E-state index contributed by atoms with van der Waals surface area (Å²) in [4.78, 5) is 17.6. The number of rotatable bonds is 5. The molecule has 5 rings (SSSR count). The Morgan fingerprint density at radius 2 is 1.56 bits per heavy atom. The van der Waals surface area contributed by atoms with Crippen LogP contribution in [0.5, 0.6) is 0 Å². The van der Waals surface area contributed by atoms with Crippen LogP contribution < -0.4 is 0 Å². The third-order valence-corrected chi connectivity index (χ3v) is 8.42. The number of aromatic nitrogens is 3. The normalized spacial score (nSPS) is 14.5. The molecule has 1 atom stereocenters. The van der Waals surface area contributed by atoms with Crippen LogP contribution in [0.1, 0.15) is 116 Å². The smallest absolute Gasteiger partial charge is 0.0950 e. The lowest BCUT2D eigenvalue weighted by atomic mass is 9.99. The van der Waals surface area contributed by atoms with Crippen molar-refractivity contribution in [3.8, 4) is 0 Å². The second-order valence-corrected chi connectivity index (χ2v) is 13.4. The molecule has 0 radical (unpaired) electrons. The van der Waals surface area contributed by atoms with Crippen LogP contribution in [0.25, 0.3) is 0 Å². The molecule has 0 aromatic carbocycles. The van der Waals surface area contributed by atoms with E-state index in [0.29, 0.717) is 35.5 Å². The minimum atomic E-state index is 0. The number of hydrogen-bond acceptors (Lipinski definition) is 9. The van der Waals surface area contributed by atoms with Crippen molar-refractivity contribution < 1.29 is 0 Å². The molecule has 0 amide bonds. The second-order valence-electron chi connectivity index (χ2n) is 10.9. The van der Waals surface area contributed by atoms with E-state index in [2.05, 4.69) is 111 Å². The molecule has 3 aromatic heterocycles.